The van der Waals surface area contributed by atoms with Gasteiger partial charge in [-0.1, -0.05) is 18.2 Å². The molecule has 2 N–H and O–H groups in total. The topological polar surface area (TPSA) is 36.4 Å². The zero-order valence-corrected chi connectivity index (χ0v) is 12.4. The highest BCUT2D eigenvalue weighted by atomic mass is 32.1. The molecular weight excluding hydrogens is 273 g/mol. The zero-order chi connectivity index (χ0) is 14.4. The van der Waals surface area contributed by atoms with E-state index in [2.05, 4.69) is 34.7 Å². The second-order valence-electron chi connectivity index (χ2n) is 4.38. The molecule has 1 heterocycles. The number of hydrogen-bond donors (Lipinski definition) is 2. The minimum Gasteiger partial charge on any atom is -0.352 e. The SMILES string of the molecule is CN=C(NCc1ccc(C)s1)NCc1ccccc1F. The molecule has 0 saturated carbocycles. The average Bonchev–Trinajstić information content (AvgIpc) is 2.86. The average molecular weight is 291 g/mol. The number of aliphatic imine (C=N–C) groups is 1. The second kappa shape index (κ2) is 7.05. The maximum atomic E-state index is 13.5. The van der Waals surface area contributed by atoms with Gasteiger partial charge >= 0.3 is 0 Å². The van der Waals surface area contributed by atoms with E-state index in [0.29, 0.717) is 18.1 Å². The second-order valence-corrected chi connectivity index (χ2v) is 5.76. The van der Waals surface area contributed by atoms with Crippen LogP contribution in [-0.2, 0) is 13.1 Å². The standard InChI is InChI=1S/C15H18FN3S/c1-11-7-8-13(20-11)10-19-15(17-2)18-9-12-5-3-4-6-14(12)16/h3-8H,9-10H2,1-2H3,(H2,17,18,19). The number of hydrogen-bond acceptors (Lipinski definition) is 2. The van der Waals surface area contributed by atoms with Crippen molar-refractivity contribution < 1.29 is 4.39 Å². The van der Waals surface area contributed by atoms with Crippen LogP contribution in [0, 0.1) is 12.7 Å². The molecule has 0 atom stereocenters. The number of nitrogens with zero attached hydrogens (tertiary/aromatic N) is 1. The molecule has 1 aromatic carbocycles. The Morgan fingerprint density at radius 2 is 1.90 bits per heavy atom. The summed E-state index contributed by atoms with van der Waals surface area (Å²) in [6.45, 7) is 3.21. The van der Waals surface area contributed by atoms with E-state index >= 15 is 0 Å². The summed E-state index contributed by atoms with van der Waals surface area (Å²) in [5.74, 6) is 0.462. The lowest BCUT2D eigenvalue weighted by atomic mass is 10.2. The zero-order valence-electron chi connectivity index (χ0n) is 11.6. The Labute approximate surface area is 122 Å². The van der Waals surface area contributed by atoms with Crippen LogP contribution in [0.4, 0.5) is 4.39 Å². The molecular formula is C15H18FN3S. The molecule has 0 saturated heterocycles. The lowest BCUT2D eigenvalue weighted by Crippen LogP contribution is -2.36. The van der Waals surface area contributed by atoms with Crippen molar-refractivity contribution in [2.45, 2.75) is 20.0 Å². The molecule has 0 amide bonds. The van der Waals surface area contributed by atoms with E-state index in [1.54, 1.807) is 30.5 Å². The van der Waals surface area contributed by atoms with Crippen molar-refractivity contribution >= 4 is 17.3 Å². The van der Waals surface area contributed by atoms with E-state index in [9.17, 15) is 4.39 Å². The summed E-state index contributed by atoms with van der Waals surface area (Å²) in [6, 6.07) is 10.9. The molecule has 0 aliphatic rings. The number of guanidine groups is 1. The molecule has 0 aliphatic heterocycles. The third kappa shape index (κ3) is 4.06. The number of rotatable bonds is 4. The van der Waals surface area contributed by atoms with Crippen LogP contribution in [0.15, 0.2) is 41.4 Å². The van der Waals surface area contributed by atoms with E-state index < -0.39 is 0 Å². The van der Waals surface area contributed by atoms with Crippen molar-refractivity contribution in [3.8, 4) is 0 Å². The largest absolute Gasteiger partial charge is 0.352 e. The van der Waals surface area contributed by atoms with Gasteiger partial charge in [0.15, 0.2) is 5.96 Å². The van der Waals surface area contributed by atoms with Gasteiger partial charge in [0.05, 0.1) is 6.54 Å². The first-order valence-electron chi connectivity index (χ1n) is 6.42. The molecule has 0 bridgehead atoms. The molecule has 3 nitrogen and oxygen atoms in total. The highest BCUT2D eigenvalue weighted by molar-refractivity contribution is 7.11. The van der Waals surface area contributed by atoms with Crippen molar-refractivity contribution in [2.75, 3.05) is 7.05 Å². The minimum atomic E-state index is -0.204. The monoisotopic (exact) mass is 291 g/mol. The quantitative estimate of drug-likeness (QED) is 0.671. The summed E-state index contributed by atoms with van der Waals surface area (Å²) in [5.41, 5.74) is 0.627. The maximum Gasteiger partial charge on any atom is 0.191 e. The van der Waals surface area contributed by atoms with Crippen molar-refractivity contribution in [3.05, 3.63) is 57.5 Å². The van der Waals surface area contributed by atoms with E-state index in [1.165, 1.54) is 15.8 Å². The summed E-state index contributed by atoms with van der Waals surface area (Å²) >= 11 is 1.75. The van der Waals surface area contributed by atoms with Crippen LogP contribution in [0.1, 0.15) is 15.3 Å². The van der Waals surface area contributed by atoms with Crippen molar-refractivity contribution in [3.63, 3.8) is 0 Å². The van der Waals surface area contributed by atoms with Crippen molar-refractivity contribution in [1.29, 1.82) is 0 Å². The number of benzene rings is 1. The Balaban J connectivity index is 1.85. The Hall–Kier alpha value is -1.88. The van der Waals surface area contributed by atoms with Crippen LogP contribution in [0.5, 0.6) is 0 Å². The summed E-state index contributed by atoms with van der Waals surface area (Å²) in [6.07, 6.45) is 0. The number of thiophene rings is 1. The van der Waals surface area contributed by atoms with Gasteiger partial charge in [-0.15, -0.1) is 11.3 Å². The highest BCUT2D eigenvalue weighted by Gasteiger charge is 2.03. The van der Waals surface area contributed by atoms with Crippen LogP contribution in [-0.4, -0.2) is 13.0 Å². The predicted octanol–water partition coefficient (Wildman–Crippen LogP) is 3.06. The molecule has 0 spiro atoms. The van der Waals surface area contributed by atoms with Crippen LogP contribution in [0.25, 0.3) is 0 Å². The predicted molar refractivity (Wildman–Crippen MR) is 82.5 cm³/mol. The van der Waals surface area contributed by atoms with Crippen LogP contribution >= 0.6 is 11.3 Å². The summed E-state index contributed by atoms with van der Waals surface area (Å²) in [5, 5.41) is 6.32. The Bertz CT molecular complexity index is 592. The Morgan fingerprint density at radius 3 is 2.55 bits per heavy atom. The molecule has 0 radical (unpaired) electrons. The third-order valence-corrected chi connectivity index (χ3v) is 3.85. The molecule has 1 aromatic heterocycles. The normalized spacial score (nSPS) is 11.4. The number of halogens is 1. The van der Waals surface area contributed by atoms with Gasteiger partial charge in [0.25, 0.3) is 0 Å². The minimum absolute atomic E-state index is 0.204. The van der Waals surface area contributed by atoms with Gasteiger partial charge in [-0.3, -0.25) is 4.99 Å². The molecule has 106 valence electrons. The Kier molecular flexibility index (Phi) is 5.12. The van der Waals surface area contributed by atoms with Crippen LogP contribution < -0.4 is 10.6 Å². The molecule has 0 aliphatic carbocycles. The van der Waals surface area contributed by atoms with E-state index in [4.69, 9.17) is 0 Å². The van der Waals surface area contributed by atoms with Gasteiger partial charge in [-0.05, 0) is 25.1 Å². The maximum absolute atomic E-state index is 13.5. The summed E-state index contributed by atoms with van der Waals surface area (Å²) in [7, 11) is 1.70. The fourth-order valence-corrected chi connectivity index (χ4v) is 2.62. The first-order chi connectivity index (χ1) is 9.69. The van der Waals surface area contributed by atoms with E-state index in [1.807, 2.05) is 6.07 Å². The van der Waals surface area contributed by atoms with Crippen LogP contribution in [0.3, 0.4) is 0 Å². The van der Waals surface area contributed by atoms with Gasteiger partial charge in [-0.25, -0.2) is 4.39 Å². The van der Waals surface area contributed by atoms with Gasteiger partial charge in [0.2, 0.25) is 0 Å². The first kappa shape index (κ1) is 14.5. The van der Waals surface area contributed by atoms with Crippen molar-refractivity contribution in [2.24, 2.45) is 4.99 Å². The molecule has 20 heavy (non-hydrogen) atoms. The van der Waals surface area contributed by atoms with Crippen LogP contribution in [0.2, 0.25) is 0 Å². The number of nitrogens with one attached hydrogen (secondary N) is 2. The molecule has 5 heteroatoms. The van der Waals surface area contributed by atoms with Gasteiger partial charge in [0.1, 0.15) is 5.82 Å². The number of aryl methyl sites for hydroxylation is 1. The fraction of sp³-hybridized carbons (Fsp3) is 0.267. The summed E-state index contributed by atoms with van der Waals surface area (Å²) < 4.78 is 13.5. The highest BCUT2D eigenvalue weighted by Crippen LogP contribution is 2.14. The lowest BCUT2D eigenvalue weighted by Gasteiger charge is -2.11. The Morgan fingerprint density at radius 1 is 1.15 bits per heavy atom. The van der Waals surface area contributed by atoms with E-state index in [0.717, 1.165) is 6.54 Å². The molecule has 2 aromatic rings. The summed E-state index contributed by atoms with van der Waals surface area (Å²) in [4.78, 5) is 6.67. The van der Waals surface area contributed by atoms with Gasteiger partial charge in [-0.2, -0.15) is 0 Å². The molecule has 2 rings (SSSR count). The van der Waals surface area contributed by atoms with Gasteiger partial charge < -0.3 is 10.6 Å². The van der Waals surface area contributed by atoms with Gasteiger partial charge in [0, 0.05) is 28.9 Å². The molecule has 0 unspecified atom stereocenters. The fourth-order valence-electron chi connectivity index (χ4n) is 1.79. The smallest absolute Gasteiger partial charge is 0.191 e. The van der Waals surface area contributed by atoms with Crippen molar-refractivity contribution in [1.82, 2.24) is 10.6 Å². The first-order valence-corrected chi connectivity index (χ1v) is 7.24. The molecule has 0 fully saturated rings. The van der Waals surface area contributed by atoms with E-state index in [-0.39, 0.29) is 5.82 Å². The lowest BCUT2D eigenvalue weighted by molar-refractivity contribution is 0.604. The third-order valence-electron chi connectivity index (χ3n) is 2.85.